The number of ether oxygens (including phenoxy) is 1. The molecule has 8 heteroatoms. The Bertz CT molecular complexity index is 954. The summed E-state index contributed by atoms with van der Waals surface area (Å²) in [5.41, 5.74) is 5.60. The van der Waals surface area contributed by atoms with Crippen LogP contribution < -0.4 is 11.1 Å². The minimum absolute atomic E-state index is 0.00390. The Balaban J connectivity index is 1.74. The van der Waals surface area contributed by atoms with Crippen LogP contribution in [-0.2, 0) is 16.8 Å². The first-order valence-corrected chi connectivity index (χ1v) is 10.4. The van der Waals surface area contributed by atoms with E-state index in [1.807, 2.05) is 6.07 Å². The Morgan fingerprint density at radius 1 is 1.28 bits per heavy atom. The second-order valence-electron chi connectivity index (χ2n) is 7.14. The highest BCUT2D eigenvalue weighted by atomic mass is 32.2. The lowest BCUT2D eigenvalue weighted by atomic mass is 9.76. The Kier molecular flexibility index (Phi) is 5.67. The summed E-state index contributed by atoms with van der Waals surface area (Å²) in [4.78, 5) is 17.3. The van der Waals surface area contributed by atoms with Crippen molar-refractivity contribution in [3.8, 4) is 0 Å². The number of benzene rings is 2. The molecule has 0 aliphatic carbocycles. The average molecular weight is 417 g/mol. The molecule has 0 aromatic heterocycles. The van der Waals surface area contributed by atoms with E-state index in [-0.39, 0.29) is 36.1 Å². The molecule has 2 aliphatic heterocycles. The first kappa shape index (κ1) is 20.0. The molecular formula is C21H21F2N3O2S. The van der Waals surface area contributed by atoms with Crippen molar-refractivity contribution >= 4 is 22.8 Å². The maximum atomic E-state index is 14.9. The van der Waals surface area contributed by atoms with Gasteiger partial charge in [0.2, 0.25) is 0 Å². The minimum Gasteiger partial charge on any atom is -0.379 e. The molecule has 3 N–H and O–H groups in total. The molecule has 0 radical (unpaired) electrons. The summed E-state index contributed by atoms with van der Waals surface area (Å²) in [5, 5.41) is 3.22. The van der Waals surface area contributed by atoms with Crippen molar-refractivity contribution in [1.82, 2.24) is 5.32 Å². The molecule has 5 nitrogen and oxygen atoms in total. The van der Waals surface area contributed by atoms with Crippen LogP contribution in [0.25, 0.3) is 0 Å². The molecule has 1 fully saturated rings. The smallest absolute Gasteiger partial charge is 0.257 e. The van der Waals surface area contributed by atoms with E-state index in [9.17, 15) is 13.6 Å². The van der Waals surface area contributed by atoms with E-state index in [1.165, 1.54) is 17.8 Å². The highest BCUT2D eigenvalue weighted by Crippen LogP contribution is 2.45. The standard InChI is InChI=1S/C21H21F2N3O2S/c22-17-9-18(23)16(8-14(17)10-24)21-12-28-7-6-15(21)11-29-20(26-21)25-19(27)13-4-2-1-3-5-13/h1-5,8-9,15H,6-7,10-12,24H2,(H,25,26,27). The molecular weight excluding hydrogens is 396 g/mol. The maximum absolute atomic E-state index is 14.9. The van der Waals surface area contributed by atoms with Crippen LogP contribution in [0.3, 0.4) is 0 Å². The predicted molar refractivity (Wildman–Crippen MR) is 109 cm³/mol. The van der Waals surface area contributed by atoms with Gasteiger partial charge in [0.15, 0.2) is 5.17 Å². The number of carbonyl (C=O) groups excluding carboxylic acids is 1. The van der Waals surface area contributed by atoms with Crippen LogP contribution in [0.2, 0.25) is 0 Å². The van der Waals surface area contributed by atoms with Gasteiger partial charge in [-0.05, 0) is 24.6 Å². The average Bonchev–Trinajstić information content (AvgIpc) is 2.74. The fourth-order valence-corrected chi connectivity index (χ4v) is 5.00. The van der Waals surface area contributed by atoms with Crippen LogP contribution in [-0.4, -0.2) is 30.0 Å². The zero-order valence-electron chi connectivity index (χ0n) is 15.7. The van der Waals surface area contributed by atoms with Crippen molar-refractivity contribution < 1.29 is 18.3 Å². The normalized spacial score (nSPS) is 23.8. The molecule has 152 valence electrons. The van der Waals surface area contributed by atoms with Gasteiger partial charge < -0.3 is 15.8 Å². The molecule has 2 heterocycles. The number of halogens is 2. The summed E-state index contributed by atoms with van der Waals surface area (Å²) in [6.45, 7) is 0.674. The van der Waals surface area contributed by atoms with Crippen molar-refractivity contribution in [2.24, 2.45) is 16.6 Å². The van der Waals surface area contributed by atoms with Crippen molar-refractivity contribution in [3.63, 3.8) is 0 Å². The van der Waals surface area contributed by atoms with E-state index in [1.54, 1.807) is 24.3 Å². The van der Waals surface area contributed by atoms with Gasteiger partial charge in [-0.2, -0.15) is 0 Å². The number of hydrogen-bond donors (Lipinski definition) is 2. The SMILES string of the molecule is NCc1cc(C23COCCC2CSC(NC(=O)c2ccccc2)=N3)c(F)cc1F. The van der Waals surface area contributed by atoms with Crippen molar-refractivity contribution in [2.75, 3.05) is 19.0 Å². The van der Waals surface area contributed by atoms with Crippen molar-refractivity contribution in [3.05, 3.63) is 70.8 Å². The molecule has 4 rings (SSSR count). The van der Waals surface area contributed by atoms with Crippen LogP contribution in [0.4, 0.5) is 8.78 Å². The van der Waals surface area contributed by atoms with Crippen LogP contribution in [0.1, 0.15) is 27.9 Å². The molecule has 29 heavy (non-hydrogen) atoms. The summed E-state index contributed by atoms with van der Waals surface area (Å²) < 4.78 is 34.6. The number of amidine groups is 1. The summed E-state index contributed by atoms with van der Waals surface area (Å²) in [6, 6.07) is 11.1. The summed E-state index contributed by atoms with van der Waals surface area (Å²) >= 11 is 1.43. The molecule has 1 amide bonds. The molecule has 2 aliphatic rings. The molecule has 0 spiro atoms. The van der Waals surface area contributed by atoms with Gasteiger partial charge in [0.1, 0.15) is 17.2 Å². The number of carbonyl (C=O) groups is 1. The number of nitrogens with zero attached hydrogens (tertiary/aromatic N) is 1. The highest BCUT2D eigenvalue weighted by molar-refractivity contribution is 8.13. The van der Waals surface area contributed by atoms with Gasteiger partial charge in [-0.15, -0.1) is 0 Å². The third-order valence-corrected chi connectivity index (χ3v) is 6.45. The maximum Gasteiger partial charge on any atom is 0.257 e. The van der Waals surface area contributed by atoms with Gasteiger partial charge in [-0.1, -0.05) is 30.0 Å². The van der Waals surface area contributed by atoms with Gasteiger partial charge in [0.25, 0.3) is 5.91 Å². The molecule has 0 bridgehead atoms. The Morgan fingerprint density at radius 2 is 2.07 bits per heavy atom. The van der Waals surface area contributed by atoms with Gasteiger partial charge in [-0.3, -0.25) is 4.79 Å². The number of nitrogens with one attached hydrogen (secondary N) is 1. The predicted octanol–water partition coefficient (Wildman–Crippen LogP) is 3.19. The lowest BCUT2D eigenvalue weighted by molar-refractivity contribution is 0.00281. The second-order valence-corrected chi connectivity index (χ2v) is 8.15. The minimum atomic E-state index is -1.02. The number of amides is 1. The number of nitrogens with two attached hydrogens (primary N) is 1. The largest absolute Gasteiger partial charge is 0.379 e. The first-order chi connectivity index (χ1) is 14.0. The third-order valence-electron chi connectivity index (χ3n) is 5.41. The van der Waals surface area contributed by atoms with Crippen LogP contribution in [0.15, 0.2) is 47.5 Å². The number of aliphatic imine (C=N–C) groups is 1. The van der Waals surface area contributed by atoms with Gasteiger partial charge >= 0.3 is 0 Å². The summed E-state index contributed by atoms with van der Waals surface area (Å²) in [6.07, 6.45) is 0.700. The van der Waals surface area contributed by atoms with Gasteiger partial charge in [-0.25, -0.2) is 13.8 Å². The Morgan fingerprint density at radius 3 is 2.83 bits per heavy atom. The molecule has 0 saturated carbocycles. The Hall–Kier alpha value is -2.29. The molecule has 2 aromatic rings. The van der Waals surface area contributed by atoms with Crippen LogP contribution in [0.5, 0.6) is 0 Å². The van der Waals surface area contributed by atoms with Crippen LogP contribution in [0, 0.1) is 17.6 Å². The van der Waals surface area contributed by atoms with Crippen LogP contribution >= 0.6 is 11.8 Å². The first-order valence-electron chi connectivity index (χ1n) is 9.39. The zero-order valence-corrected chi connectivity index (χ0v) is 16.5. The topological polar surface area (TPSA) is 76.7 Å². The van der Waals surface area contributed by atoms with Gasteiger partial charge in [0.05, 0.1) is 6.61 Å². The third kappa shape index (κ3) is 3.80. The fourth-order valence-electron chi connectivity index (χ4n) is 3.81. The number of hydrogen-bond acceptors (Lipinski definition) is 5. The van der Waals surface area contributed by atoms with E-state index in [4.69, 9.17) is 15.5 Å². The zero-order chi connectivity index (χ0) is 20.4. The summed E-state index contributed by atoms with van der Waals surface area (Å²) in [5.74, 6) is -0.995. The van der Waals surface area contributed by atoms with Crippen molar-refractivity contribution in [1.29, 1.82) is 0 Å². The molecule has 2 unspecified atom stereocenters. The fraction of sp³-hybridized carbons (Fsp3) is 0.333. The molecule has 2 aromatic carbocycles. The van der Waals surface area contributed by atoms with Crippen molar-refractivity contribution in [2.45, 2.75) is 18.5 Å². The van der Waals surface area contributed by atoms with E-state index < -0.39 is 17.2 Å². The highest BCUT2D eigenvalue weighted by Gasteiger charge is 2.48. The number of thioether (sulfide) groups is 1. The molecule has 2 atom stereocenters. The number of rotatable bonds is 3. The van der Waals surface area contributed by atoms with E-state index >= 15 is 0 Å². The lowest BCUT2D eigenvalue weighted by Crippen LogP contribution is -2.49. The second kappa shape index (κ2) is 8.22. The van der Waals surface area contributed by atoms with Gasteiger partial charge in [0, 0.05) is 47.6 Å². The summed E-state index contributed by atoms with van der Waals surface area (Å²) in [7, 11) is 0. The Labute approximate surface area is 171 Å². The van der Waals surface area contributed by atoms with E-state index in [0.717, 1.165) is 6.07 Å². The lowest BCUT2D eigenvalue weighted by Gasteiger charge is -2.44. The van der Waals surface area contributed by atoms with E-state index in [2.05, 4.69) is 5.32 Å². The quantitative estimate of drug-likeness (QED) is 0.804. The monoisotopic (exact) mass is 417 g/mol. The molecule has 1 saturated heterocycles. The number of fused-ring (bicyclic) bond motifs is 1. The van der Waals surface area contributed by atoms with E-state index in [0.29, 0.717) is 29.5 Å².